The number of nitrogens with zero attached hydrogens (tertiary/aromatic N) is 1. The van der Waals surface area contributed by atoms with Gasteiger partial charge >= 0.3 is 0 Å². The van der Waals surface area contributed by atoms with Gasteiger partial charge < -0.3 is 10.2 Å². The Bertz CT molecular complexity index is 372. The number of aliphatic hydroxyl groups is 2. The van der Waals surface area contributed by atoms with Crippen LogP contribution in [0.25, 0.3) is 0 Å². The van der Waals surface area contributed by atoms with Crippen LogP contribution in [0.5, 0.6) is 0 Å². The Morgan fingerprint density at radius 3 is 3.00 bits per heavy atom. The van der Waals surface area contributed by atoms with E-state index in [9.17, 15) is 14.6 Å². The van der Waals surface area contributed by atoms with Crippen LogP contribution in [-0.2, 0) is 0 Å². The largest absolute Gasteiger partial charge is 0.395 e. The summed E-state index contributed by atoms with van der Waals surface area (Å²) in [7, 11) is 0. The first-order valence-electron chi connectivity index (χ1n) is 5.99. The Morgan fingerprint density at radius 2 is 2.29 bits per heavy atom. The maximum absolute atomic E-state index is 13.0. The van der Waals surface area contributed by atoms with Gasteiger partial charge in [0.2, 0.25) is 0 Å². The SMILES string of the molecule is OC[C@H]1CCCN1C[C@@H](O)c1cccc(F)c1. The number of hydrogen-bond donors (Lipinski definition) is 2. The zero-order valence-corrected chi connectivity index (χ0v) is 9.72. The third-order valence-corrected chi connectivity index (χ3v) is 3.35. The second-order valence-electron chi connectivity index (χ2n) is 4.54. The minimum Gasteiger partial charge on any atom is -0.395 e. The number of halogens is 1. The van der Waals surface area contributed by atoms with Gasteiger partial charge in [0.25, 0.3) is 0 Å². The molecular weight excluding hydrogens is 221 g/mol. The number of hydrogen-bond acceptors (Lipinski definition) is 3. The number of β-amino-alcohol motifs (C(OH)–C–C–N with tert-alkyl or cyclic N) is 1. The van der Waals surface area contributed by atoms with Crippen LogP contribution in [0, 0.1) is 5.82 Å². The quantitative estimate of drug-likeness (QED) is 0.832. The maximum atomic E-state index is 13.0. The topological polar surface area (TPSA) is 43.7 Å². The molecule has 17 heavy (non-hydrogen) atoms. The van der Waals surface area contributed by atoms with E-state index < -0.39 is 6.10 Å². The molecule has 0 amide bonds. The van der Waals surface area contributed by atoms with E-state index in [4.69, 9.17) is 0 Å². The van der Waals surface area contributed by atoms with Crippen LogP contribution in [0.15, 0.2) is 24.3 Å². The lowest BCUT2D eigenvalue weighted by molar-refractivity contribution is 0.0849. The highest BCUT2D eigenvalue weighted by atomic mass is 19.1. The van der Waals surface area contributed by atoms with Crippen molar-refractivity contribution in [3.05, 3.63) is 35.6 Å². The van der Waals surface area contributed by atoms with E-state index in [1.165, 1.54) is 12.1 Å². The van der Waals surface area contributed by atoms with Crippen molar-refractivity contribution in [1.82, 2.24) is 4.90 Å². The van der Waals surface area contributed by atoms with E-state index in [-0.39, 0.29) is 18.5 Å². The summed E-state index contributed by atoms with van der Waals surface area (Å²) in [6, 6.07) is 6.18. The van der Waals surface area contributed by atoms with Crippen LogP contribution in [0.4, 0.5) is 4.39 Å². The highest BCUT2D eigenvalue weighted by Gasteiger charge is 2.25. The fraction of sp³-hybridized carbons (Fsp3) is 0.538. The highest BCUT2D eigenvalue weighted by Crippen LogP contribution is 2.22. The Hall–Kier alpha value is -0.970. The van der Waals surface area contributed by atoms with Crippen molar-refractivity contribution < 1.29 is 14.6 Å². The van der Waals surface area contributed by atoms with Crippen LogP contribution in [-0.4, -0.2) is 40.9 Å². The van der Waals surface area contributed by atoms with Crippen molar-refractivity contribution >= 4 is 0 Å². The smallest absolute Gasteiger partial charge is 0.123 e. The molecule has 0 aromatic heterocycles. The molecule has 1 aromatic carbocycles. The number of likely N-dealkylation sites (tertiary alicyclic amines) is 1. The van der Waals surface area contributed by atoms with Crippen molar-refractivity contribution in [2.75, 3.05) is 19.7 Å². The van der Waals surface area contributed by atoms with Crippen LogP contribution in [0.3, 0.4) is 0 Å². The molecule has 94 valence electrons. The Balaban J connectivity index is 1.99. The molecule has 1 fully saturated rings. The van der Waals surface area contributed by atoms with Gasteiger partial charge in [-0.05, 0) is 37.1 Å². The van der Waals surface area contributed by atoms with Gasteiger partial charge in [-0.3, -0.25) is 4.90 Å². The molecule has 2 atom stereocenters. The van der Waals surface area contributed by atoms with Crippen molar-refractivity contribution in [2.24, 2.45) is 0 Å². The summed E-state index contributed by atoms with van der Waals surface area (Å²) in [6.45, 7) is 1.46. The molecule has 0 bridgehead atoms. The van der Waals surface area contributed by atoms with E-state index in [1.807, 2.05) is 0 Å². The van der Waals surface area contributed by atoms with Gasteiger partial charge in [-0.15, -0.1) is 0 Å². The summed E-state index contributed by atoms with van der Waals surface area (Å²) in [5.41, 5.74) is 0.591. The standard InChI is InChI=1S/C13H18FNO2/c14-11-4-1-3-10(7-11)13(17)8-15-6-2-5-12(15)9-16/h1,3-4,7,12-13,16-17H,2,5-6,8-9H2/t12-,13-/m1/s1. The first-order chi connectivity index (χ1) is 8.20. The molecule has 1 heterocycles. The van der Waals surface area contributed by atoms with E-state index in [0.717, 1.165) is 19.4 Å². The van der Waals surface area contributed by atoms with E-state index in [0.29, 0.717) is 12.1 Å². The minimum absolute atomic E-state index is 0.121. The lowest BCUT2D eigenvalue weighted by atomic mass is 10.1. The molecule has 0 aliphatic carbocycles. The molecule has 1 aliphatic rings. The fourth-order valence-electron chi connectivity index (χ4n) is 2.38. The lowest BCUT2D eigenvalue weighted by Gasteiger charge is -2.25. The molecule has 0 saturated carbocycles. The molecule has 0 spiro atoms. The van der Waals surface area contributed by atoms with Crippen molar-refractivity contribution in [3.63, 3.8) is 0 Å². The molecule has 1 aromatic rings. The van der Waals surface area contributed by atoms with Crippen molar-refractivity contribution in [3.8, 4) is 0 Å². The normalized spacial score (nSPS) is 22.9. The summed E-state index contributed by atoms with van der Waals surface area (Å²) in [5, 5.41) is 19.2. The molecule has 1 saturated heterocycles. The third kappa shape index (κ3) is 3.03. The molecule has 0 unspecified atom stereocenters. The second kappa shape index (κ2) is 5.58. The van der Waals surface area contributed by atoms with Crippen molar-refractivity contribution in [1.29, 1.82) is 0 Å². The molecular formula is C13H18FNO2. The van der Waals surface area contributed by atoms with Gasteiger partial charge in [-0.1, -0.05) is 12.1 Å². The fourth-order valence-corrected chi connectivity index (χ4v) is 2.38. The second-order valence-corrected chi connectivity index (χ2v) is 4.54. The van der Waals surface area contributed by atoms with Gasteiger partial charge in [0, 0.05) is 12.6 Å². The molecule has 4 heteroatoms. The van der Waals surface area contributed by atoms with Crippen LogP contribution in [0.1, 0.15) is 24.5 Å². The van der Waals surface area contributed by atoms with E-state index >= 15 is 0 Å². The van der Waals surface area contributed by atoms with Gasteiger partial charge in [0.05, 0.1) is 12.7 Å². The van der Waals surface area contributed by atoms with Crippen LogP contribution in [0.2, 0.25) is 0 Å². The van der Waals surface area contributed by atoms with Crippen LogP contribution >= 0.6 is 0 Å². The van der Waals surface area contributed by atoms with E-state index in [2.05, 4.69) is 4.90 Å². The molecule has 2 rings (SSSR count). The van der Waals surface area contributed by atoms with Gasteiger partial charge in [-0.2, -0.15) is 0 Å². The van der Waals surface area contributed by atoms with Crippen molar-refractivity contribution in [2.45, 2.75) is 25.0 Å². The lowest BCUT2D eigenvalue weighted by Crippen LogP contribution is -2.35. The summed E-state index contributed by atoms with van der Waals surface area (Å²) < 4.78 is 13.0. The Labute approximate surface area is 100 Å². The minimum atomic E-state index is -0.696. The molecule has 3 nitrogen and oxygen atoms in total. The number of rotatable bonds is 4. The third-order valence-electron chi connectivity index (χ3n) is 3.35. The predicted octanol–water partition coefficient (Wildman–Crippen LogP) is 1.32. The zero-order chi connectivity index (χ0) is 12.3. The molecule has 0 radical (unpaired) electrons. The maximum Gasteiger partial charge on any atom is 0.123 e. The number of aliphatic hydroxyl groups excluding tert-OH is 2. The first kappa shape index (κ1) is 12.5. The summed E-state index contributed by atoms with van der Waals surface area (Å²) in [6.07, 6.45) is 1.31. The predicted molar refractivity (Wildman–Crippen MR) is 63.0 cm³/mol. The molecule has 1 aliphatic heterocycles. The zero-order valence-electron chi connectivity index (χ0n) is 9.72. The summed E-state index contributed by atoms with van der Waals surface area (Å²) in [5.74, 6) is -0.332. The van der Waals surface area contributed by atoms with Gasteiger partial charge in [0.1, 0.15) is 5.82 Å². The average molecular weight is 239 g/mol. The summed E-state index contributed by atoms with van der Waals surface area (Å²) >= 11 is 0. The average Bonchev–Trinajstić information content (AvgIpc) is 2.76. The number of benzene rings is 1. The molecule has 2 N–H and O–H groups in total. The van der Waals surface area contributed by atoms with Crippen LogP contribution < -0.4 is 0 Å². The van der Waals surface area contributed by atoms with Gasteiger partial charge in [0.15, 0.2) is 0 Å². The highest BCUT2D eigenvalue weighted by molar-refractivity contribution is 5.19. The Kier molecular flexibility index (Phi) is 4.10. The van der Waals surface area contributed by atoms with E-state index in [1.54, 1.807) is 12.1 Å². The first-order valence-corrected chi connectivity index (χ1v) is 5.99. The monoisotopic (exact) mass is 239 g/mol. The summed E-state index contributed by atoms with van der Waals surface area (Å²) in [4.78, 5) is 2.07. The Morgan fingerprint density at radius 1 is 1.47 bits per heavy atom. The van der Waals surface area contributed by atoms with Gasteiger partial charge in [-0.25, -0.2) is 4.39 Å².